The van der Waals surface area contributed by atoms with Gasteiger partial charge in [0.05, 0.1) is 6.61 Å². The molecule has 1 saturated heterocycles. The molecule has 5 heteroatoms. The molecular weight excluding hydrogens is 386 g/mol. The lowest BCUT2D eigenvalue weighted by Crippen LogP contribution is -2.45. The largest absolute Gasteiger partial charge is 0.494 e. The van der Waals surface area contributed by atoms with Crippen molar-refractivity contribution in [3.8, 4) is 5.75 Å². The van der Waals surface area contributed by atoms with Crippen molar-refractivity contribution in [3.05, 3.63) is 65.4 Å². The van der Waals surface area contributed by atoms with Gasteiger partial charge in [0.25, 0.3) is 0 Å². The molecule has 0 spiro atoms. The van der Waals surface area contributed by atoms with Crippen LogP contribution in [0.4, 0.5) is 0 Å². The average molecular weight is 426 g/mol. The Morgan fingerprint density at radius 1 is 1.10 bits per heavy atom. The molecular formula is C26H39N3O2. The maximum Gasteiger partial charge on any atom is 0.217 e. The number of nitrogens with two attached hydrogens (primary N) is 1. The van der Waals surface area contributed by atoms with Crippen LogP contribution in [0.15, 0.2) is 59.8 Å². The van der Waals surface area contributed by atoms with E-state index < -0.39 is 0 Å². The van der Waals surface area contributed by atoms with Gasteiger partial charge in [-0.15, -0.1) is 0 Å². The molecule has 2 rings (SSSR count). The smallest absolute Gasteiger partial charge is 0.217 e. The molecule has 170 valence electrons. The molecule has 0 atom stereocenters. The molecule has 1 aromatic rings. The Labute approximate surface area is 188 Å². The fraction of sp³-hybridized carbons (Fsp3) is 0.500. The van der Waals surface area contributed by atoms with Gasteiger partial charge in [-0.3, -0.25) is 9.69 Å². The van der Waals surface area contributed by atoms with E-state index in [1.54, 1.807) is 0 Å². The third kappa shape index (κ3) is 9.88. The fourth-order valence-corrected chi connectivity index (χ4v) is 3.69. The number of hydrogen-bond donors (Lipinski definition) is 1. The molecule has 0 saturated carbocycles. The Hall–Kier alpha value is -2.53. The Morgan fingerprint density at radius 3 is 2.45 bits per heavy atom. The van der Waals surface area contributed by atoms with Gasteiger partial charge in [-0.1, -0.05) is 30.4 Å². The normalized spacial score (nSPS) is 16.2. The summed E-state index contributed by atoms with van der Waals surface area (Å²) in [6.07, 6.45) is 11.8. The van der Waals surface area contributed by atoms with Crippen molar-refractivity contribution in [2.45, 2.75) is 46.5 Å². The van der Waals surface area contributed by atoms with Gasteiger partial charge in [-0.2, -0.15) is 0 Å². The third-order valence-corrected chi connectivity index (χ3v) is 5.58. The lowest BCUT2D eigenvalue weighted by Gasteiger charge is -2.36. The highest BCUT2D eigenvalue weighted by molar-refractivity contribution is 5.74. The van der Waals surface area contributed by atoms with Crippen molar-refractivity contribution in [1.29, 1.82) is 0 Å². The maximum absolute atomic E-state index is 10.9. The number of piperazine rings is 1. The van der Waals surface area contributed by atoms with E-state index in [1.807, 2.05) is 31.2 Å². The maximum atomic E-state index is 10.9. The van der Waals surface area contributed by atoms with E-state index in [0.29, 0.717) is 12.8 Å². The van der Waals surface area contributed by atoms with Crippen molar-refractivity contribution < 1.29 is 9.53 Å². The Morgan fingerprint density at radius 2 is 1.81 bits per heavy atom. The van der Waals surface area contributed by atoms with E-state index in [-0.39, 0.29) is 5.91 Å². The molecule has 0 aliphatic carbocycles. The summed E-state index contributed by atoms with van der Waals surface area (Å²) in [5.41, 5.74) is 8.95. The van der Waals surface area contributed by atoms with Crippen LogP contribution in [0.2, 0.25) is 0 Å². The summed E-state index contributed by atoms with van der Waals surface area (Å²) >= 11 is 0. The highest BCUT2D eigenvalue weighted by atomic mass is 16.5. The van der Waals surface area contributed by atoms with Crippen LogP contribution in [-0.4, -0.2) is 55.0 Å². The van der Waals surface area contributed by atoms with Gasteiger partial charge in [0.2, 0.25) is 5.91 Å². The minimum absolute atomic E-state index is 0.263. The second kappa shape index (κ2) is 13.7. The van der Waals surface area contributed by atoms with E-state index in [9.17, 15) is 4.79 Å². The fourth-order valence-electron chi connectivity index (χ4n) is 3.69. The van der Waals surface area contributed by atoms with Crippen LogP contribution in [0.1, 0.15) is 45.6 Å². The van der Waals surface area contributed by atoms with Crippen LogP contribution in [0, 0.1) is 0 Å². The topological polar surface area (TPSA) is 58.8 Å². The SMILES string of the molecule is C\C=C/C=C(C)\C=C(/C)N1CCN(CCCCOc2ccc(CCC(N)=O)cc2)CC1. The lowest BCUT2D eigenvalue weighted by molar-refractivity contribution is -0.117. The first kappa shape index (κ1) is 24.7. The van der Waals surface area contributed by atoms with Crippen molar-refractivity contribution >= 4 is 5.91 Å². The number of ether oxygens (including phenoxy) is 1. The number of rotatable bonds is 12. The van der Waals surface area contributed by atoms with E-state index >= 15 is 0 Å². The molecule has 0 radical (unpaired) electrons. The number of nitrogens with zero attached hydrogens (tertiary/aromatic N) is 2. The summed E-state index contributed by atoms with van der Waals surface area (Å²) < 4.78 is 5.85. The Bertz CT molecular complexity index is 757. The van der Waals surface area contributed by atoms with Crippen LogP contribution >= 0.6 is 0 Å². The molecule has 1 aliphatic rings. The van der Waals surface area contributed by atoms with Crippen LogP contribution < -0.4 is 10.5 Å². The summed E-state index contributed by atoms with van der Waals surface area (Å²) in [5, 5.41) is 0. The average Bonchev–Trinajstić information content (AvgIpc) is 2.77. The number of hydrogen-bond acceptors (Lipinski definition) is 4. The molecule has 1 aliphatic heterocycles. The zero-order chi connectivity index (χ0) is 22.5. The van der Waals surface area contributed by atoms with Gasteiger partial charge in [-0.05, 0) is 75.9 Å². The number of aryl methyl sites for hydroxylation is 1. The van der Waals surface area contributed by atoms with E-state index in [2.05, 4.69) is 48.0 Å². The number of primary amides is 1. The van der Waals surface area contributed by atoms with Crippen molar-refractivity contribution in [2.75, 3.05) is 39.3 Å². The summed E-state index contributed by atoms with van der Waals surface area (Å²) in [4.78, 5) is 15.9. The molecule has 2 N–H and O–H groups in total. The monoisotopic (exact) mass is 425 g/mol. The van der Waals surface area contributed by atoms with Gasteiger partial charge < -0.3 is 15.4 Å². The van der Waals surface area contributed by atoms with Crippen molar-refractivity contribution in [3.63, 3.8) is 0 Å². The Kier molecular flexibility index (Phi) is 10.9. The molecule has 0 bridgehead atoms. The van der Waals surface area contributed by atoms with Crippen LogP contribution in [-0.2, 0) is 11.2 Å². The van der Waals surface area contributed by atoms with Crippen LogP contribution in [0.25, 0.3) is 0 Å². The number of carbonyl (C=O) groups excluding carboxylic acids is 1. The second-order valence-electron chi connectivity index (χ2n) is 8.22. The molecule has 0 aromatic heterocycles. The number of unbranched alkanes of at least 4 members (excludes halogenated alkanes) is 1. The van der Waals surface area contributed by atoms with Crippen LogP contribution in [0.3, 0.4) is 0 Å². The highest BCUT2D eigenvalue weighted by Gasteiger charge is 2.16. The number of carbonyl (C=O) groups is 1. The first-order chi connectivity index (χ1) is 15.0. The summed E-state index contributed by atoms with van der Waals surface area (Å²) in [7, 11) is 0. The standard InChI is InChI=1S/C26H39N3O2/c1-4-5-8-22(2)21-23(3)29-18-16-28(17-19-29)15-6-7-20-31-25-12-9-24(10-13-25)11-14-26(27)30/h4-5,8-10,12-13,21H,6-7,11,14-20H2,1-3H3,(H2,27,30)/b5-4-,22-8-,23-21+. The van der Waals surface area contributed by atoms with Gasteiger partial charge in [-0.25, -0.2) is 0 Å². The summed E-state index contributed by atoms with van der Waals surface area (Å²) in [6, 6.07) is 7.96. The molecule has 1 aromatic carbocycles. The Balaban J connectivity index is 1.60. The quantitative estimate of drug-likeness (QED) is 0.400. The summed E-state index contributed by atoms with van der Waals surface area (Å²) in [6.45, 7) is 12.7. The number of amides is 1. The van der Waals surface area contributed by atoms with Gasteiger partial charge in [0, 0.05) is 38.3 Å². The van der Waals surface area contributed by atoms with Gasteiger partial charge >= 0.3 is 0 Å². The zero-order valence-electron chi connectivity index (χ0n) is 19.5. The van der Waals surface area contributed by atoms with Crippen molar-refractivity contribution in [1.82, 2.24) is 9.80 Å². The van der Waals surface area contributed by atoms with E-state index in [4.69, 9.17) is 10.5 Å². The van der Waals surface area contributed by atoms with E-state index in [0.717, 1.165) is 63.5 Å². The minimum atomic E-state index is -0.263. The molecule has 5 nitrogen and oxygen atoms in total. The first-order valence-corrected chi connectivity index (χ1v) is 11.4. The second-order valence-corrected chi connectivity index (χ2v) is 8.22. The first-order valence-electron chi connectivity index (χ1n) is 11.4. The third-order valence-electron chi connectivity index (χ3n) is 5.58. The predicted molar refractivity (Wildman–Crippen MR) is 129 cm³/mol. The molecule has 1 fully saturated rings. The molecule has 1 heterocycles. The zero-order valence-corrected chi connectivity index (χ0v) is 19.5. The summed E-state index contributed by atoms with van der Waals surface area (Å²) in [5.74, 6) is 0.623. The molecule has 0 unspecified atom stereocenters. The van der Waals surface area contributed by atoms with Crippen LogP contribution in [0.5, 0.6) is 5.75 Å². The predicted octanol–water partition coefficient (Wildman–Crippen LogP) is 4.31. The van der Waals surface area contributed by atoms with Crippen molar-refractivity contribution in [2.24, 2.45) is 5.73 Å². The molecule has 31 heavy (non-hydrogen) atoms. The van der Waals surface area contributed by atoms with E-state index in [1.165, 1.54) is 11.3 Å². The van der Waals surface area contributed by atoms with Gasteiger partial charge in [0.15, 0.2) is 0 Å². The lowest BCUT2D eigenvalue weighted by atomic mass is 10.1. The molecule has 1 amide bonds. The minimum Gasteiger partial charge on any atom is -0.494 e. The number of benzene rings is 1. The highest BCUT2D eigenvalue weighted by Crippen LogP contribution is 2.15. The van der Waals surface area contributed by atoms with Gasteiger partial charge in [0.1, 0.15) is 5.75 Å². The number of allylic oxidation sites excluding steroid dienone is 6.